The Balaban J connectivity index is 1.23. The molecular formula is C41H28N2O3. The van der Waals surface area contributed by atoms with E-state index in [1.54, 1.807) is 13.8 Å². The monoisotopic (exact) mass is 596 g/mol. The lowest BCUT2D eigenvalue weighted by atomic mass is 10.00. The molecule has 0 fully saturated rings. The van der Waals surface area contributed by atoms with Crippen LogP contribution in [0.5, 0.6) is 0 Å². The summed E-state index contributed by atoms with van der Waals surface area (Å²) in [6.07, 6.45) is 0. The summed E-state index contributed by atoms with van der Waals surface area (Å²) in [6.45, 7) is 3.11. The third kappa shape index (κ3) is 4.28. The van der Waals surface area contributed by atoms with Gasteiger partial charge in [-0.05, 0) is 111 Å². The Bertz CT molecular complexity index is 2480. The van der Waals surface area contributed by atoms with Gasteiger partial charge in [0, 0.05) is 55.2 Å². The number of aromatic nitrogens is 2. The summed E-state index contributed by atoms with van der Waals surface area (Å²) in [4.78, 5) is 38.1. The smallest absolute Gasteiger partial charge is 0.193 e. The predicted octanol–water partition coefficient (Wildman–Crippen LogP) is 9.52. The Morgan fingerprint density at radius 2 is 0.783 bits per heavy atom. The molecule has 46 heavy (non-hydrogen) atoms. The number of carbonyl (C=O) groups is 3. The molecule has 6 aromatic carbocycles. The second kappa shape index (κ2) is 10.5. The third-order valence-electron chi connectivity index (χ3n) is 8.93. The van der Waals surface area contributed by atoms with E-state index in [1.807, 2.05) is 97.1 Å². The average molecular weight is 597 g/mol. The van der Waals surface area contributed by atoms with Crippen molar-refractivity contribution in [2.45, 2.75) is 13.8 Å². The van der Waals surface area contributed by atoms with Gasteiger partial charge in [0.15, 0.2) is 17.3 Å². The minimum atomic E-state index is -0.0786. The molecule has 5 heteroatoms. The van der Waals surface area contributed by atoms with Crippen LogP contribution in [0, 0.1) is 0 Å². The molecule has 2 heterocycles. The van der Waals surface area contributed by atoms with Gasteiger partial charge in [-0.2, -0.15) is 0 Å². The van der Waals surface area contributed by atoms with Gasteiger partial charge in [0.1, 0.15) is 0 Å². The predicted molar refractivity (Wildman–Crippen MR) is 185 cm³/mol. The molecule has 0 aliphatic heterocycles. The van der Waals surface area contributed by atoms with Gasteiger partial charge in [0.05, 0.1) is 22.1 Å². The molecule has 0 radical (unpaired) electrons. The summed E-state index contributed by atoms with van der Waals surface area (Å²) >= 11 is 0. The number of hydrogen-bond donors (Lipinski definition) is 0. The van der Waals surface area contributed by atoms with Crippen molar-refractivity contribution in [3.63, 3.8) is 0 Å². The van der Waals surface area contributed by atoms with E-state index in [0.717, 1.165) is 44.2 Å². The summed E-state index contributed by atoms with van der Waals surface area (Å²) in [7, 11) is 0. The van der Waals surface area contributed by atoms with Crippen molar-refractivity contribution in [3.8, 4) is 11.4 Å². The summed E-state index contributed by atoms with van der Waals surface area (Å²) in [5, 5.41) is 4.14. The highest BCUT2D eigenvalue weighted by atomic mass is 16.1. The molecule has 220 valence electrons. The van der Waals surface area contributed by atoms with Gasteiger partial charge in [0.25, 0.3) is 0 Å². The van der Waals surface area contributed by atoms with Gasteiger partial charge in [0.2, 0.25) is 0 Å². The molecule has 5 nitrogen and oxygen atoms in total. The summed E-state index contributed by atoms with van der Waals surface area (Å²) in [6, 6.07) is 43.4. The van der Waals surface area contributed by atoms with E-state index in [0.29, 0.717) is 22.3 Å². The number of Topliss-reactive ketones (excluding diaryl/α,β-unsaturated/α-hetero) is 2. The Labute approximate surface area is 264 Å². The fourth-order valence-corrected chi connectivity index (χ4v) is 6.64. The van der Waals surface area contributed by atoms with Crippen LogP contribution in [0.25, 0.3) is 55.0 Å². The number of rotatable bonds is 6. The average Bonchev–Trinajstić information content (AvgIpc) is 3.60. The molecule has 0 saturated carbocycles. The molecule has 0 spiro atoms. The van der Waals surface area contributed by atoms with Crippen LogP contribution in [-0.2, 0) is 0 Å². The summed E-state index contributed by atoms with van der Waals surface area (Å²) < 4.78 is 4.34. The van der Waals surface area contributed by atoms with Crippen molar-refractivity contribution in [3.05, 3.63) is 156 Å². The molecule has 2 aromatic heterocycles. The van der Waals surface area contributed by atoms with Crippen LogP contribution in [0.15, 0.2) is 133 Å². The first-order chi connectivity index (χ1) is 22.4. The standard InChI is InChI=1S/C41H28N2O3/c1-25(44)27-11-17-31(18-12-27)43-39-21-15-29(26(2)45)23-35(39)36-24-30(16-22-40(36)43)41(46)28-13-19-32(20-14-28)42-37-9-5-3-7-33(37)34-8-4-6-10-38(34)42/h3-24H,1-2H3. The Morgan fingerprint density at radius 1 is 0.391 bits per heavy atom. The topological polar surface area (TPSA) is 61.1 Å². The minimum Gasteiger partial charge on any atom is -0.309 e. The second-order valence-electron chi connectivity index (χ2n) is 11.7. The van der Waals surface area contributed by atoms with Crippen molar-refractivity contribution in [2.24, 2.45) is 0 Å². The van der Waals surface area contributed by atoms with Crippen molar-refractivity contribution in [2.75, 3.05) is 0 Å². The van der Waals surface area contributed by atoms with Crippen LogP contribution in [-0.4, -0.2) is 26.5 Å². The molecular weight excluding hydrogens is 568 g/mol. The van der Waals surface area contributed by atoms with Gasteiger partial charge in [-0.25, -0.2) is 0 Å². The lowest BCUT2D eigenvalue weighted by molar-refractivity contribution is 0.100. The van der Waals surface area contributed by atoms with E-state index in [9.17, 15) is 14.4 Å². The van der Waals surface area contributed by atoms with Crippen LogP contribution >= 0.6 is 0 Å². The van der Waals surface area contributed by atoms with E-state index < -0.39 is 0 Å². The first-order valence-electron chi connectivity index (χ1n) is 15.2. The van der Waals surface area contributed by atoms with Crippen LogP contribution in [0.2, 0.25) is 0 Å². The van der Waals surface area contributed by atoms with E-state index in [2.05, 4.69) is 45.5 Å². The van der Waals surface area contributed by atoms with Crippen molar-refractivity contribution in [1.29, 1.82) is 0 Å². The summed E-state index contributed by atoms with van der Waals surface area (Å²) in [5.41, 5.74) is 8.33. The number of fused-ring (bicyclic) bond motifs is 6. The zero-order chi connectivity index (χ0) is 31.5. The Hall–Kier alpha value is -6.07. The number of ketones is 3. The molecule has 0 unspecified atom stereocenters. The first-order valence-corrected chi connectivity index (χ1v) is 15.2. The van der Waals surface area contributed by atoms with E-state index in [-0.39, 0.29) is 17.3 Å². The van der Waals surface area contributed by atoms with Crippen LogP contribution < -0.4 is 0 Å². The molecule has 8 aromatic rings. The number of benzene rings is 6. The molecule has 0 atom stereocenters. The van der Waals surface area contributed by atoms with Gasteiger partial charge in [-0.1, -0.05) is 36.4 Å². The molecule has 8 rings (SSSR count). The van der Waals surface area contributed by atoms with E-state index in [1.165, 1.54) is 10.8 Å². The molecule has 0 N–H and O–H groups in total. The van der Waals surface area contributed by atoms with E-state index in [4.69, 9.17) is 0 Å². The van der Waals surface area contributed by atoms with Crippen LogP contribution in [0.3, 0.4) is 0 Å². The molecule has 0 aliphatic rings. The highest BCUT2D eigenvalue weighted by molar-refractivity contribution is 6.16. The lowest BCUT2D eigenvalue weighted by Gasteiger charge is -2.10. The largest absolute Gasteiger partial charge is 0.309 e. The SMILES string of the molecule is CC(=O)c1ccc(-n2c3ccc(C(C)=O)cc3c3cc(C(=O)c4ccc(-n5c6ccccc6c6ccccc65)cc4)ccc32)cc1. The highest BCUT2D eigenvalue weighted by Gasteiger charge is 2.18. The normalized spacial score (nSPS) is 11.5. The fourth-order valence-electron chi connectivity index (χ4n) is 6.64. The Kier molecular flexibility index (Phi) is 6.29. The quantitative estimate of drug-likeness (QED) is 0.180. The third-order valence-corrected chi connectivity index (χ3v) is 8.93. The zero-order valence-electron chi connectivity index (χ0n) is 25.3. The molecule has 0 aliphatic carbocycles. The van der Waals surface area contributed by atoms with Crippen molar-refractivity contribution < 1.29 is 14.4 Å². The number of nitrogens with zero attached hydrogens (tertiary/aromatic N) is 2. The van der Waals surface area contributed by atoms with Crippen molar-refractivity contribution >= 4 is 61.0 Å². The number of hydrogen-bond acceptors (Lipinski definition) is 3. The van der Waals surface area contributed by atoms with Crippen molar-refractivity contribution in [1.82, 2.24) is 9.13 Å². The number of para-hydroxylation sites is 2. The molecule has 0 saturated heterocycles. The fraction of sp³-hybridized carbons (Fsp3) is 0.0488. The summed E-state index contributed by atoms with van der Waals surface area (Å²) in [5.74, 6) is -0.0968. The maximum atomic E-state index is 13.9. The van der Waals surface area contributed by atoms with Gasteiger partial charge in [-0.3, -0.25) is 14.4 Å². The first kappa shape index (κ1) is 27.5. The van der Waals surface area contributed by atoms with Crippen LogP contribution in [0.4, 0.5) is 0 Å². The van der Waals surface area contributed by atoms with Gasteiger partial charge >= 0.3 is 0 Å². The minimum absolute atomic E-state index is 0.00567. The molecule has 0 amide bonds. The van der Waals surface area contributed by atoms with Gasteiger partial charge in [-0.15, -0.1) is 0 Å². The lowest BCUT2D eigenvalue weighted by Crippen LogP contribution is -2.02. The number of carbonyl (C=O) groups excluding carboxylic acids is 3. The molecule has 0 bridgehead atoms. The second-order valence-corrected chi connectivity index (χ2v) is 11.7. The van der Waals surface area contributed by atoms with Gasteiger partial charge < -0.3 is 9.13 Å². The highest BCUT2D eigenvalue weighted by Crippen LogP contribution is 2.35. The van der Waals surface area contributed by atoms with E-state index >= 15 is 0 Å². The van der Waals surface area contributed by atoms with Crippen LogP contribution in [0.1, 0.15) is 50.5 Å². The maximum absolute atomic E-state index is 13.9. The zero-order valence-corrected chi connectivity index (χ0v) is 25.3. The Morgan fingerprint density at radius 3 is 1.28 bits per heavy atom. The maximum Gasteiger partial charge on any atom is 0.193 e.